The lowest BCUT2D eigenvalue weighted by Crippen LogP contribution is -2.14. The van der Waals surface area contributed by atoms with Gasteiger partial charge in [0.05, 0.1) is 11.4 Å². The summed E-state index contributed by atoms with van der Waals surface area (Å²) in [6, 6.07) is 18.1. The normalized spacial score (nSPS) is 10.8. The Hall–Kier alpha value is -3.17. The summed E-state index contributed by atoms with van der Waals surface area (Å²) in [6.07, 6.45) is 0. The number of carbonyl (C=O) groups is 1. The fraction of sp³-hybridized carbons (Fsp3) is 0.217. The summed E-state index contributed by atoms with van der Waals surface area (Å²) in [7, 11) is 4.02. The van der Waals surface area contributed by atoms with Crippen LogP contribution in [0.3, 0.4) is 0 Å². The van der Waals surface area contributed by atoms with E-state index in [4.69, 9.17) is 0 Å². The summed E-state index contributed by atoms with van der Waals surface area (Å²) in [5.41, 5.74) is 4.01. The Morgan fingerprint density at radius 3 is 2.50 bits per heavy atom. The van der Waals surface area contributed by atoms with Gasteiger partial charge in [-0.05, 0) is 31.2 Å². The number of carbonyl (C=O) groups excluding carboxylic acids is 1. The molecular weight excluding hydrogens is 440 g/mol. The van der Waals surface area contributed by atoms with E-state index in [-0.39, 0.29) is 11.7 Å². The molecule has 0 unspecified atom stereocenters. The van der Waals surface area contributed by atoms with Crippen molar-refractivity contribution in [3.8, 4) is 22.6 Å². The smallest absolute Gasteiger partial charge is 0.236 e. The highest BCUT2D eigenvalue weighted by Gasteiger charge is 2.15. The minimum atomic E-state index is -0.119. The summed E-state index contributed by atoms with van der Waals surface area (Å²) in [5.74, 6) is 0.914. The van der Waals surface area contributed by atoms with Crippen LogP contribution in [0.5, 0.6) is 0 Å². The second-order valence-electron chi connectivity index (χ2n) is 7.23. The zero-order chi connectivity index (χ0) is 22.5. The Morgan fingerprint density at radius 1 is 1.06 bits per heavy atom. The van der Waals surface area contributed by atoms with Crippen LogP contribution in [0.1, 0.15) is 6.92 Å². The van der Waals surface area contributed by atoms with Crippen molar-refractivity contribution >= 4 is 39.8 Å². The topological polar surface area (TPSA) is 75.9 Å². The number of nitrogens with zero attached hydrogens (tertiary/aromatic N) is 5. The first kappa shape index (κ1) is 22.0. The largest absolute Gasteiger partial charge is 0.378 e. The molecule has 0 atom stereocenters. The molecule has 2 heterocycles. The van der Waals surface area contributed by atoms with Gasteiger partial charge in [-0.3, -0.25) is 4.79 Å². The molecule has 0 aliphatic carbocycles. The fourth-order valence-corrected chi connectivity index (χ4v) is 4.70. The van der Waals surface area contributed by atoms with Crippen molar-refractivity contribution in [2.24, 2.45) is 0 Å². The molecule has 0 radical (unpaired) electrons. The number of benzene rings is 2. The van der Waals surface area contributed by atoms with Crippen LogP contribution < -0.4 is 10.2 Å². The van der Waals surface area contributed by atoms with Gasteiger partial charge in [-0.2, -0.15) is 0 Å². The van der Waals surface area contributed by atoms with Gasteiger partial charge in [-0.15, -0.1) is 21.5 Å². The van der Waals surface area contributed by atoms with Gasteiger partial charge in [-0.1, -0.05) is 42.1 Å². The van der Waals surface area contributed by atoms with Crippen LogP contribution in [0.2, 0.25) is 0 Å². The number of anilines is 2. The number of hydrogen-bond donors (Lipinski definition) is 1. The van der Waals surface area contributed by atoms with E-state index in [0.717, 1.165) is 33.5 Å². The molecule has 0 aliphatic heterocycles. The fourth-order valence-electron chi connectivity index (χ4n) is 3.16. The summed E-state index contributed by atoms with van der Waals surface area (Å²) < 4.78 is 2.03. The third-order valence-electron chi connectivity index (χ3n) is 4.83. The second kappa shape index (κ2) is 9.97. The number of hydrogen-bond acceptors (Lipinski definition) is 7. The van der Waals surface area contributed by atoms with Crippen LogP contribution in [-0.2, 0) is 11.3 Å². The van der Waals surface area contributed by atoms with Crippen molar-refractivity contribution in [3.63, 3.8) is 0 Å². The first-order chi connectivity index (χ1) is 15.5. The molecule has 1 amide bonds. The lowest BCUT2D eigenvalue weighted by atomic mass is 10.2. The first-order valence-corrected chi connectivity index (χ1v) is 12.1. The van der Waals surface area contributed by atoms with Crippen LogP contribution in [0, 0.1) is 0 Å². The molecule has 0 bridgehead atoms. The second-order valence-corrected chi connectivity index (χ2v) is 9.03. The Bertz CT molecular complexity index is 1180. The van der Waals surface area contributed by atoms with E-state index >= 15 is 0 Å². The molecule has 0 saturated heterocycles. The highest BCUT2D eigenvalue weighted by Crippen LogP contribution is 2.27. The number of nitrogens with one attached hydrogen (secondary N) is 1. The van der Waals surface area contributed by atoms with Gasteiger partial charge in [0.2, 0.25) is 5.91 Å². The van der Waals surface area contributed by atoms with Crippen molar-refractivity contribution in [1.82, 2.24) is 19.7 Å². The van der Waals surface area contributed by atoms with Crippen molar-refractivity contribution < 1.29 is 4.79 Å². The zero-order valence-electron chi connectivity index (χ0n) is 18.1. The van der Waals surface area contributed by atoms with E-state index in [2.05, 4.69) is 37.5 Å². The highest BCUT2D eigenvalue weighted by molar-refractivity contribution is 7.99. The molecule has 9 heteroatoms. The lowest BCUT2D eigenvalue weighted by Gasteiger charge is -2.13. The Kier molecular flexibility index (Phi) is 6.87. The van der Waals surface area contributed by atoms with E-state index in [0.29, 0.717) is 11.7 Å². The van der Waals surface area contributed by atoms with E-state index in [1.807, 2.05) is 73.4 Å². The molecule has 164 valence electrons. The molecule has 4 aromatic rings. The van der Waals surface area contributed by atoms with Gasteiger partial charge in [0.15, 0.2) is 16.1 Å². The molecule has 2 aromatic heterocycles. The highest BCUT2D eigenvalue weighted by atomic mass is 32.2. The average Bonchev–Trinajstić information content (AvgIpc) is 3.45. The minimum absolute atomic E-state index is 0.119. The van der Waals surface area contributed by atoms with E-state index in [9.17, 15) is 4.79 Å². The predicted octanol–water partition coefficient (Wildman–Crippen LogP) is 4.89. The van der Waals surface area contributed by atoms with E-state index < -0.39 is 0 Å². The third-order valence-corrected chi connectivity index (χ3v) is 6.55. The monoisotopic (exact) mass is 464 g/mol. The Morgan fingerprint density at radius 2 is 1.81 bits per heavy atom. The predicted molar refractivity (Wildman–Crippen MR) is 132 cm³/mol. The molecule has 0 saturated carbocycles. The SMILES string of the molecule is CCn1c(SCC(=O)Nc2nc(-c3ccccc3)cs2)nnc1-c1ccc(N(C)C)cc1. The van der Waals surface area contributed by atoms with Crippen molar-refractivity contribution in [2.45, 2.75) is 18.6 Å². The quantitative estimate of drug-likeness (QED) is 0.374. The molecule has 7 nitrogen and oxygen atoms in total. The van der Waals surface area contributed by atoms with Crippen LogP contribution >= 0.6 is 23.1 Å². The number of aromatic nitrogens is 4. The van der Waals surface area contributed by atoms with Gasteiger partial charge in [0.1, 0.15) is 0 Å². The van der Waals surface area contributed by atoms with Crippen LogP contribution in [0.25, 0.3) is 22.6 Å². The van der Waals surface area contributed by atoms with Gasteiger partial charge in [0, 0.05) is 42.8 Å². The van der Waals surface area contributed by atoms with Gasteiger partial charge in [-0.25, -0.2) is 4.98 Å². The van der Waals surface area contributed by atoms with E-state index in [1.165, 1.54) is 23.1 Å². The summed E-state index contributed by atoms with van der Waals surface area (Å²) in [6.45, 7) is 2.76. The lowest BCUT2D eigenvalue weighted by molar-refractivity contribution is -0.113. The molecule has 4 rings (SSSR count). The van der Waals surface area contributed by atoms with Crippen molar-refractivity contribution in [2.75, 3.05) is 30.1 Å². The van der Waals surface area contributed by atoms with Gasteiger partial charge in [0.25, 0.3) is 0 Å². The standard InChI is InChI=1S/C23H24N6OS2/c1-4-29-21(17-10-12-18(13-11-17)28(2)3)26-27-23(29)32-15-20(30)25-22-24-19(14-31-22)16-8-6-5-7-9-16/h5-14H,4,15H2,1-3H3,(H,24,25,30). The first-order valence-electron chi connectivity index (χ1n) is 10.2. The van der Waals surface area contributed by atoms with Crippen LogP contribution in [0.15, 0.2) is 65.1 Å². The average molecular weight is 465 g/mol. The van der Waals surface area contributed by atoms with Crippen LogP contribution in [-0.4, -0.2) is 45.5 Å². The van der Waals surface area contributed by atoms with Crippen molar-refractivity contribution in [3.05, 3.63) is 60.0 Å². The number of thiazole rings is 1. The third kappa shape index (κ3) is 5.00. The number of thioether (sulfide) groups is 1. The van der Waals surface area contributed by atoms with E-state index in [1.54, 1.807) is 0 Å². The minimum Gasteiger partial charge on any atom is -0.378 e. The van der Waals surface area contributed by atoms with Gasteiger partial charge >= 0.3 is 0 Å². The maximum Gasteiger partial charge on any atom is 0.236 e. The Balaban J connectivity index is 1.39. The number of rotatable bonds is 8. The molecule has 2 aromatic carbocycles. The number of amides is 1. The molecule has 0 fully saturated rings. The molecule has 32 heavy (non-hydrogen) atoms. The molecule has 0 spiro atoms. The maximum absolute atomic E-state index is 12.5. The summed E-state index contributed by atoms with van der Waals surface area (Å²) in [5, 5.41) is 14.8. The van der Waals surface area contributed by atoms with Crippen molar-refractivity contribution in [1.29, 1.82) is 0 Å². The molecular formula is C23H24N6OS2. The summed E-state index contributed by atoms with van der Waals surface area (Å²) >= 11 is 2.79. The maximum atomic E-state index is 12.5. The Labute approximate surface area is 195 Å². The molecule has 1 N–H and O–H groups in total. The van der Waals surface area contributed by atoms with Gasteiger partial charge < -0.3 is 14.8 Å². The zero-order valence-corrected chi connectivity index (χ0v) is 19.8. The van der Waals surface area contributed by atoms with Crippen LogP contribution in [0.4, 0.5) is 10.8 Å². The molecule has 0 aliphatic rings. The summed E-state index contributed by atoms with van der Waals surface area (Å²) in [4.78, 5) is 19.1.